The van der Waals surface area contributed by atoms with Gasteiger partial charge in [0.15, 0.2) is 5.96 Å². The molecule has 0 saturated carbocycles. The Bertz CT molecular complexity index is 800. The summed E-state index contributed by atoms with van der Waals surface area (Å²) in [4.78, 5) is 16.0. The number of anilines is 1. The van der Waals surface area contributed by atoms with Crippen molar-refractivity contribution in [3.8, 4) is 0 Å². The van der Waals surface area contributed by atoms with Crippen LogP contribution in [0, 0.1) is 0 Å². The Hall–Kier alpha value is -2.34. The Balaban J connectivity index is 0.00000450. The van der Waals surface area contributed by atoms with Gasteiger partial charge in [-0.25, -0.2) is 0 Å². The van der Waals surface area contributed by atoms with Crippen molar-refractivity contribution in [1.29, 1.82) is 0 Å². The number of carbonyl (C=O) groups excluding carboxylic acids is 1. The van der Waals surface area contributed by atoms with E-state index in [1.807, 2.05) is 18.2 Å². The number of nitrogens with one attached hydrogen (secondary N) is 3. The van der Waals surface area contributed by atoms with Crippen LogP contribution in [0.1, 0.15) is 11.1 Å². The number of hydrogen-bond donors (Lipinski definition) is 3. The highest BCUT2D eigenvalue weighted by atomic mass is 127. The molecule has 0 bridgehead atoms. The lowest BCUT2D eigenvalue weighted by molar-refractivity contribution is -0.176. The number of aliphatic imine (C=N–C) groups is 1. The molecule has 164 valence electrons. The van der Waals surface area contributed by atoms with Crippen LogP contribution >= 0.6 is 24.0 Å². The number of guanidine groups is 1. The smallest absolute Gasteiger partial charge is 0.367 e. The molecular weight excluding hydrogens is 512 g/mol. The minimum Gasteiger partial charge on any atom is -0.367 e. The first kappa shape index (κ1) is 25.7. The lowest BCUT2D eigenvalue weighted by Gasteiger charge is -2.12. The quantitative estimate of drug-likeness (QED) is 0.274. The minimum atomic E-state index is -4.33. The molecule has 0 aliphatic rings. The fourth-order valence-corrected chi connectivity index (χ4v) is 2.34. The first-order valence-corrected chi connectivity index (χ1v) is 8.87. The summed E-state index contributed by atoms with van der Waals surface area (Å²) in [6, 6.07) is 16.1. The molecular formula is C20H24F3IN4O2. The summed E-state index contributed by atoms with van der Waals surface area (Å²) in [7, 11) is 1.59. The highest BCUT2D eigenvalue weighted by Crippen LogP contribution is 2.15. The average molecular weight is 536 g/mol. The third-order valence-corrected chi connectivity index (χ3v) is 3.71. The van der Waals surface area contributed by atoms with Gasteiger partial charge < -0.3 is 20.7 Å². The molecule has 2 rings (SSSR count). The van der Waals surface area contributed by atoms with E-state index in [0.717, 1.165) is 5.56 Å². The van der Waals surface area contributed by atoms with Gasteiger partial charge in [0.1, 0.15) is 6.61 Å². The Kier molecular flexibility index (Phi) is 11.2. The number of halogens is 4. The predicted molar refractivity (Wildman–Crippen MR) is 121 cm³/mol. The van der Waals surface area contributed by atoms with E-state index >= 15 is 0 Å². The van der Waals surface area contributed by atoms with Crippen molar-refractivity contribution in [2.45, 2.75) is 19.3 Å². The summed E-state index contributed by atoms with van der Waals surface area (Å²) in [5.41, 5.74) is 2.26. The molecule has 0 heterocycles. The van der Waals surface area contributed by atoms with Crippen LogP contribution in [0.15, 0.2) is 59.6 Å². The standard InChI is InChI=1S/C20H23F3N4O2.HI/c1-24-19(26-12-18(28)27-17-5-3-2-4-6-17)25-11-15-7-9-16(10-8-15)13-29-14-20(21,22)23;/h2-10H,11-14H2,1H3,(H,27,28)(H2,24,25,26);1H. The molecule has 0 aliphatic heterocycles. The van der Waals surface area contributed by atoms with E-state index in [4.69, 9.17) is 0 Å². The lowest BCUT2D eigenvalue weighted by atomic mass is 10.1. The van der Waals surface area contributed by atoms with E-state index in [1.54, 1.807) is 43.4 Å². The average Bonchev–Trinajstić information content (AvgIpc) is 2.69. The maximum Gasteiger partial charge on any atom is 0.411 e. The van der Waals surface area contributed by atoms with E-state index in [0.29, 0.717) is 23.8 Å². The predicted octanol–water partition coefficient (Wildman–Crippen LogP) is 3.69. The summed E-state index contributed by atoms with van der Waals surface area (Å²) >= 11 is 0. The second-order valence-electron chi connectivity index (χ2n) is 6.12. The molecule has 30 heavy (non-hydrogen) atoms. The van der Waals surface area contributed by atoms with Gasteiger partial charge in [0.25, 0.3) is 0 Å². The molecule has 0 spiro atoms. The van der Waals surface area contributed by atoms with E-state index < -0.39 is 12.8 Å². The van der Waals surface area contributed by atoms with E-state index in [2.05, 4.69) is 25.7 Å². The number of para-hydroxylation sites is 1. The monoisotopic (exact) mass is 536 g/mol. The first-order valence-electron chi connectivity index (χ1n) is 8.87. The van der Waals surface area contributed by atoms with Crippen LogP contribution in [0.2, 0.25) is 0 Å². The Labute approximate surface area is 190 Å². The van der Waals surface area contributed by atoms with Gasteiger partial charge in [-0.1, -0.05) is 42.5 Å². The summed E-state index contributed by atoms with van der Waals surface area (Å²) in [6.07, 6.45) is -4.33. The van der Waals surface area contributed by atoms with Gasteiger partial charge in [0.05, 0.1) is 13.2 Å². The number of hydrogen-bond acceptors (Lipinski definition) is 3. The number of nitrogens with zero attached hydrogens (tertiary/aromatic N) is 1. The third kappa shape index (κ3) is 10.4. The summed E-state index contributed by atoms with van der Waals surface area (Å²) in [5.74, 6) is 0.244. The zero-order chi connectivity index (χ0) is 21.1. The van der Waals surface area contributed by atoms with Gasteiger partial charge in [-0.05, 0) is 23.3 Å². The normalized spacial score (nSPS) is 11.4. The molecule has 0 aromatic heterocycles. The Morgan fingerprint density at radius 3 is 2.23 bits per heavy atom. The zero-order valence-corrected chi connectivity index (χ0v) is 18.7. The molecule has 6 nitrogen and oxygen atoms in total. The van der Waals surface area contributed by atoms with Gasteiger partial charge >= 0.3 is 6.18 Å². The Morgan fingerprint density at radius 2 is 1.63 bits per heavy atom. The highest BCUT2D eigenvalue weighted by Gasteiger charge is 2.27. The number of ether oxygens (including phenoxy) is 1. The molecule has 0 aliphatic carbocycles. The van der Waals surface area contributed by atoms with Crippen LogP contribution in [0.25, 0.3) is 0 Å². The van der Waals surface area contributed by atoms with Crippen molar-refractivity contribution in [1.82, 2.24) is 10.6 Å². The van der Waals surface area contributed by atoms with E-state index in [1.165, 1.54) is 0 Å². The summed E-state index contributed by atoms with van der Waals surface area (Å²) in [5, 5.41) is 8.74. The topological polar surface area (TPSA) is 74.8 Å². The first-order chi connectivity index (χ1) is 13.9. The number of amides is 1. The van der Waals surface area contributed by atoms with Gasteiger partial charge in [-0.15, -0.1) is 24.0 Å². The molecule has 0 atom stereocenters. The molecule has 10 heteroatoms. The fraction of sp³-hybridized carbons (Fsp3) is 0.300. The summed E-state index contributed by atoms with van der Waals surface area (Å²) < 4.78 is 40.9. The van der Waals surface area contributed by atoms with Crippen molar-refractivity contribution in [3.05, 3.63) is 65.7 Å². The van der Waals surface area contributed by atoms with Gasteiger partial charge in [0.2, 0.25) is 5.91 Å². The van der Waals surface area contributed by atoms with E-state index in [9.17, 15) is 18.0 Å². The molecule has 0 radical (unpaired) electrons. The van der Waals surface area contributed by atoms with Crippen molar-refractivity contribution in [2.75, 3.05) is 25.5 Å². The fourth-order valence-electron chi connectivity index (χ4n) is 2.34. The molecule has 0 saturated heterocycles. The van der Waals surface area contributed by atoms with Crippen LogP contribution in [-0.2, 0) is 22.7 Å². The van der Waals surface area contributed by atoms with Crippen LogP contribution in [0.4, 0.5) is 18.9 Å². The van der Waals surface area contributed by atoms with Crippen molar-refractivity contribution < 1.29 is 22.7 Å². The van der Waals surface area contributed by atoms with Gasteiger partial charge in [-0.3, -0.25) is 9.79 Å². The minimum absolute atomic E-state index is 0. The van der Waals surface area contributed by atoms with Crippen molar-refractivity contribution in [3.63, 3.8) is 0 Å². The van der Waals surface area contributed by atoms with Crippen molar-refractivity contribution >= 4 is 41.5 Å². The molecule has 2 aromatic carbocycles. The number of alkyl halides is 3. The lowest BCUT2D eigenvalue weighted by Crippen LogP contribution is -2.41. The third-order valence-electron chi connectivity index (χ3n) is 3.71. The van der Waals surface area contributed by atoms with Gasteiger partial charge in [-0.2, -0.15) is 13.2 Å². The number of rotatable bonds is 8. The van der Waals surface area contributed by atoms with Crippen LogP contribution < -0.4 is 16.0 Å². The summed E-state index contributed by atoms with van der Waals surface area (Å²) in [6.45, 7) is -0.892. The number of carbonyl (C=O) groups is 1. The highest BCUT2D eigenvalue weighted by molar-refractivity contribution is 14.0. The molecule has 3 N–H and O–H groups in total. The molecule has 0 unspecified atom stereocenters. The van der Waals surface area contributed by atoms with Crippen LogP contribution in [0.3, 0.4) is 0 Å². The largest absolute Gasteiger partial charge is 0.411 e. The second kappa shape index (κ2) is 13.1. The molecule has 2 aromatic rings. The zero-order valence-electron chi connectivity index (χ0n) is 16.3. The maximum absolute atomic E-state index is 12.1. The maximum atomic E-state index is 12.1. The van der Waals surface area contributed by atoms with Crippen molar-refractivity contribution in [2.24, 2.45) is 4.99 Å². The van der Waals surface area contributed by atoms with Gasteiger partial charge in [0, 0.05) is 19.3 Å². The number of benzene rings is 2. The van der Waals surface area contributed by atoms with Crippen LogP contribution in [0.5, 0.6) is 0 Å². The van der Waals surface area contributed by atoms with Crippen LogP contribution in [-0.4, -0.2) is 38.2 Å². The molecule has 0 fully saturated rings. The molecule has 1 amide bonds. The second-order valence-corrected chi connectivity index (χ2v) is 6.12. The SMILES string of the molecule is CN=C(NCC(=O)Nc1ccccc1)NCc1ccc(COCC(F)(F)F)cc1.I. The Morgan fingerprint density at radius 1 is 1.00 bits per heavy atom. The van der Waals surface area contributed by atoms with E-state index in [-0.39, 0.29) is 43.0 Å².